The first-order chi connectivity index (χ1) is 25.2. The fraction of sp³-hybridized carbons (Fsp3) is 0.0208. The van der Waals surface area contributed by atoms with Gasteiger partial charge >= 0.3 is 0 Å². The first-order valence-corrected chi connectivity index (χ1v) is 17.6. The van der Waals surface area contributed by atoms with E-state index in [0.717, 1.165) is 44.7 Å². The van der Waals surface area contributed by atoms with Crippen LogP contribution in [-0.2, 0) is 0 Å². The lowest BCUT2D eigenvalue weighted by Crippen LogP contribution is -2.04. The Labute approximate surface area is 294 Å². The molecule has 3 aromatic heterocycles. The topological polar surface area (TPSA) is 22.8 Å². The number of hydrogen-bond donors (Lipinski definition) is 0. The van der Waals surface area contributed by atoms with Crippen molar-refractivity contribution in [2.24, 2.45) is 0 Å². The number of nitrogens with zero attached hydrogens (tertiary/aromatic N) is 3. The van der Waals surface area contributed by atoms with Crippen LogP contribution in [0.2, 0.25) is 0 Å². The summed E-state index contributed by atoms with van der Waals surface area (Å²) in [5, 5.41) is 12.2. The fourth-order valence-electron chi connectivity index (χ4n) is 8.49. The molecule has 51 heavy (non-hydrogen) atoms. The summed E-state index contributed by atoms with van der Waals surface area (Å²) in [6, 6.07) is 61.7. The molecule has 11 rings (SSSR count). The largest absolute Gasteiger partial charge is 0.309 e. The third kappa shape index (κ3) is 4.03. The van der Waals surface area contributed by atoms with Crippen LogP contribution in [0.1, 0.15) is 5.56 Å². The van der Waals surface area contributed by atoms with Gasteiger partial charge in [-0.25, -0.2) is 4.98 Å². The molecule has 8 aromatic carbocycles. The lowest BCUT2D eigenvalue weighted by atomic mass is 9.96. The summed E-state index contributed by atoms with van der Waals surface area (Å²) in [5.74, 6) is 0.952. The number of benzene rings is 8. The number of para-hydroxylation sites is 2. The normalized spacial score (nSPS) is 12.0. The van der Waals surface area contributed by atoms with Gasteiger partial charge in [-0.3, -0.25) is 4.57 Å². The van der Waals surface area contributed by atoms with E-state index in [1.807, 2.05) is 0 Å². The molecule has 0 N–H and O–H groups in total. The van der Waals surface area contributed by atoms with Crippen molar-refractivity contribution < 1.29 is 0 Å². The molecule has 0 saturated heterocycles. The third-order valence-electron chi connectivity index (χ3n) is 10.8. The highest BCUT2D eigenvalue weighted by Gasteiger charge is 2.22. The molecule has 0 unspecified atom stereocenters. The number of hydrogen-bond acceptors (Lipinski definition) is 1. The van der Waals surface area contributed by atoms with Gasteiger partial charge < -0.3 is 4.57 Å². The predicted molar refractivity (Wildman–Crippen MR) is 216 cm³/mol. The lowest BCUT2D eigenvalue weighted by Gasteiger charge is -2.17. The van der Waals surface area contributed by atoms with Gasteiger partial charge in [0.25, 0.3) is 0 Å². The summed E-state index contributed by atoms with van der Waals surface area (Å²) in [5.41, 5.74) is 9.12. The van der Waals surface area contributed by atoms with Gasteiger partial charge in [0, 0.05) is 43.7 Å². The zero-order valence-electron chi connectivity index (χ0n) is 28.0. The van der Waals surface area contributed by atoms with Crippen LogP contribution in [0, 0.1) is 6.92 Å². The smallest absolute Gasteiger partial charge is 0.141 e. The number of fused-ring (bicyclic) bond motifs is 9. The molecule has 238 valence electrons. The molecule has 11 aromatic rings. The molecule has 0 fully saturated rings. The highest BCUT2D eigenvalue weighted by molar-refractivity contribution is 6.21. The highest BCUT2D eigenvalue weighted by atomic mass is 15.1. The molecular formula is C48H31N3. The van der Waals surface area contributed by atoms with Crippen LogP contribution in [0.3, 0.4) is 0 Å². The van der Waals surface area contributed by atoms with Gasteiger partial charge in [-0.15, -0.1) is 0 Å². The Kier molecular flexibility index (Phi) is 5.88. The number of rotatable bonds is 3. The van der Waals surface area contributed by atoms with Crippen LogP contribution in [0.4, 0.5) is 0 Å². The monoisotopic (exact) mass is 649 g/mol. The molecule has 0 bridgehead atoms. The average Bonchev–Trinajstić information content (AvgIpc) is 3.68. The number of aryl methyl sites for hydroxylation is 1. The van der Waals surface area contributed by atoms with E-state index >= 15 is 0 Å². The molecule has 0 saturated carbocycles. The van der Waals surface area contributed by atoms with E-state index in [4.69, 9.17) is 4.98 Å². The molecule has 0 aliphatic rings. The van der Waals surface area contributed by atoms with E-state index in [1.54, 1.807) is 0 Å². The van der Waals surface area contributed by atoms with Crippen molar-refractivity contribution in [3.63, 3.8) is 0 Å². The van der Waals surface area contributed by atoms with Crippen molar-refractivity contribution >= 4 is 75.9 Å². The van der Waals surface area contributed by atoms with Crippen LogP contribution in [0.5, 0.6) is 0 Å². The van der Waals surface area contributed by atoms with Crippen LogP contribution in [0.25, 0.3) is 98.7 Å². The minimum Gasteiger partial charge on any atom is -0.309 e. The van der Waals surface area contributed by atoms with Crippen molar-refractivity contribution in [2.45, 2.75) is 6.92 Å². The highest BCUT2D eigenvalue weighted by Crippen LogP contribution is 2.43. The Morgan fingerprint density at radius 3 is 1.76 bits per heavy atom. The third-order valence-corrected chi connectivity index (χ3v) is 10.8. The van der Waals surface area contributed by atoms with Gasteiger partial charge in [-0.05, 0) is 76.3 Å². The molecule has 0 spiro atoms. The molecule has 0 atom stereocenters. The molecule has 3 heterocycles. The Morgan fingerprint density at radius 1 is 0.373 bits per heavy atom. The molecule has 3 nitrogen and oxygen atoms in total. The predicted octanol–water partition coefficient (Wildman–Crippen LogP) is 12.7. The van der Waals surface area contributed by atoms with Crippen molar-refractivity contribution in [3.05, 3.63) is 175 Å². The minimum atomic E-state index is 0.952. The van der Waals surface area contributed by atoms with Gasteiger partial charge in [0.05, 0.1) is 27.8 Å². The Hall–Kier alpha value is -6.71. The van der Waals surface area contributed by atoms with E-state index < -0.39 is 0 Å². The summed E-state index contributed by atoms with van der Waals surface area (Å²) in [6.07, 6.45) is 0. The minimum absolute atomic E-state index is 0.952. The zero-order valence-corrected chi connectivity index (χ0v) is 28.0. The Bertz CT molecular complexity index is 3190. The second kappa shape index (κ2) is 10.6. The summed E-state index contributed by atoms with van der Waals surface area (Å²) in [7, 11) is 0. The number of aromatic nitrogens is 3. The van der Waals surface area contributed by atoms with Gasteiger partial charge in [-0.2, -0.15) is 0 Å². The van der Waals surface area contributed by atoms with Gasteiger partial charge in [0.1, 0.15) is 5.82 Å². The summed E-state index contributed by atoms with van der Waals surface area (Å²) < 4.78 is 4.84. The second-order valence-electron chi connectivity index (χ2n) is 13.6. The van der Waals surface area contributed by atoms with Crippen molar-refractivity contribution in [2.75, 3.05) is 0 Å². The lowest BCUT2D eigenvalue weighted by molar-refractivity contribution is 1.07. The Balaban J connectivity index is 1.33. The van der Waals surface area contributed by atoms with E-state index in [0.29, 0.717) is 0 Å². The van der Waals surface area contributed by atoms with Gasteiger partial charge in [0.2, 0.25) is 0 Å². The van der Waals surface area contributed by atoms with E-state index in [1.165, 1.54) is 59.5 Å². The van der Waals surface area contributed by atoms with Crippen molar-refractivity contribution in [1.29, 1.82) is 0 Å². The van der Waals surface area contributed by atoms with Gasteiger partial charge in [0.15, 0.2) is 0 Å². The molecule has 0 aliphatic carbocycles. The van der Waals surface area contributed by atoms with Crippen molar-refractivity contribution in [3.8, 4) is 22.8 Å². The van der Waals surface area contributed by atoms with Crippen LogP contribution < -0.4 is 0 Å². The molecular weight excluding hydrogens is 619 g/mol. The van der Waals surface area contributed by atoms with E-state index in [-0.39, 0.29) is 0 Å². The summed E-state index contributed by atoms with van der Waals surface area (Å²) in [6.45, 7) is 2.23. The van der Waals surface area contributed by atoms with Crippen LogP contribution >= 0.6 is 0 Å². The van der Waals surface area contributed by atoms with Crippen LogP contribution in [0.15, 0.2) is 170 Å². The van der Waals surface area contributed by atoms with E-state index in [9.17, 15) is 0 Å². The first kappa shape index (κ1) is 28.2. The zero-order chi connectivity index (χ0) is 33.6. The maximum atomic E-state index is 5.70. The molecule has 0 aliphatic heterocycles. The first-order valence-electron chi connectivity index (χ1n) is 17.6. The number of pyridine rings is 1. The standard InChI is InChI=1S/C48H31N3/c1-30-35-20-9-10-23-38(35)47(39-24-13-17-31-14-7-8-21-36(31)39)49-48(30)51-44-27-33-16-6-5-15-32(33)26-40(44)42-28-41-37-22-11-12-25-43(37)50(45(41)29-46(42)51)34-18-3-2-4-19-34/h2-29H,1H3. The van der Waals surface area contributed by atoms with Crippen LogP contribution in [-0.4, -0.2) is 14.1 Å². The molecule has 0 amide bonds. The maximum absolute atomic E-state index is 5.70. The van der Waals surface area contributed by atoms with E-state index in [2.05, 4.69) is 186 Å². The Morgan fingerprint density at radius 2 is 0.941 bits per heavy atom. The average molecular weight is 650 g/mol. The summed E-state index contributed by atoms with van der Waals surface area (Å²) in [4.78, 5) is 5.70. The SMILES string of the molecule is Cc1c(-n2c3cc4ccccc4cc3c3cc4c5ccccc5n(-c5ccccc5)c4cc32)nc(-c2cccc3ccccc23)c2ccccc12. The fourth-order valence-corrected chi connectivity index (χ4v) is 8.49. The second-order valence-corrected chi connectivity index (χ2v) is 13.6. The van der Waals surface area contributed by atoms with Gasteiger partial charge in [-0.1, -0.05) is 127 Å². The maximum Gasteiger partial charge on any atom is 0.141 e. The quantitative estimate of drug-likeness (QED) is 0.187. The van der Waals surface area contributed by atoms with Crippen molar-refractivity contribution in [1.82, 2.24) is 14.1 Å². The molecule has 3 heteroatoms. The summed E-state index contributed by atoms with van der Waals surface area (Å²) >= 11 is 0. The molecule has 0 radical (unpaired) electrons.